The number of nitrogens with zero attached hydrogens (tertiary/aromatic N) is 1. The maximum absolute atomic E-state index is 13.0. The summed E-state index contributed by atoms with van der Waals surface area (Å²) in [6.07, 6.45) is -0.369. The predicted molar refractivity (Wildman–Crippen MR) is 120 cm³/mol. The number of hydrogen-bond acceptors (Lipinski definition) is 4. The van der Waals surface area contributed by atoms with Crippen LogP contribution >= 0.6 is 0 Å². The molecule has 160 valence electrons. The zero-order chi connectivity index (χ0) is 21.9. The minimum Gasteiger partial charge on any atom is -0.444 e. The van der Waals surface area contributed by atoms with Crippen LogP contribution < -0.4 is 5.32 Å². The first-order chi connectivity index (χ1) is 13.3. The average Bonchev–Trinajstić information content (AvgIpc) is 2.88. The van der Waals surface area contributed by atoms with Gasteiger partial charge < -0.3 is 9.47 Å². The fourth-order valence-corrected chi connectivity index (χ4v) is 3.73. The van der Waals surface area contributed by atoms with Crippen LogP contribution in [0.4, 0.5) is 4.79 Å². The molecule has 1 fully saturated rings. The van der Waals surface area contributed by atoms with E-state index >= 15 is 0 Å². The normalized spacial score (nSPS) is 20.0. The second-order valence-electron chi connectivity index (χ2n) is 10.0. The summed E-state index contributed by atoms with van der Waals surface area (Å²) in [6, 6.07) is 9.77. The van der Waals surface area contributed by atoms with Crippen molar-refractivity contribution in [1.82, 2.24) is 10.2 Å². The van der Waals surface area contributed by atoms with Gasteiger partial charge in [-0.15, -0.1) is 5.54 Å². The van der Waals surface area contributed by atoms with Crippen LogP contribution in [0.15, 0.2) is 30.3 Å². The van der Waals surface area contributed by atoms with Gasteiger partial charge in [-0.2, -0.15) is 0 Å². The Balaban J connectivity index is 2.30. The highest BCUT2D eigenvalue weighted by Crippen LogP contribution is 2.31. The van der Waals surface area contributed by atoms with E-state index in [0.717, 1.165) is 0 Å². The summed E-state index contributed by atoms with van der Waals surface area (Å²) in [5, 5.41) is 3.56. The second-order valence-corrected chi connectivity index (χ2v) is 14.8. The number of hydrogen-bond donors (Lipinski definition) is 1. The zero-order valence-electron chi connectivity index (χ0n) is 19.1. The SMILES string of the molecule is CC(C)(C)OC(=O)N1[C@H]([C@H](C#C[Si](C)(C)C)NCc2ccccc2)COC1(C)C. The van der Waals surface area contributed by atoms with Crippen molar-refractivity contribution in [2.75, 3.05) is 6.61 Å². The summed E-state index contributed by atoms with van der Waals surface area (Å²) < 4.78 is 11.7. The zero-order valence-corrected chi connectivity index (χ0v) is 20.1. The standard InChI is InChI=1S/C23H36N2O3Si/c1-22(2,3)28-21(26)25-20(17-27-23(25,4)5)19(14-15-29(6,7)8)24-16-18-12-10-9-11-13-18/h9-13,19-20,24H,16-17H2,1-8H3/t19-,20-/m0/s1. The minimum absolute atomic E-state index is 0.212. The van der Waals surface area contributed by atoms with Gasteiger partial charge in [-0.3, -0.25) is 10.2 Å². The number of nitrogens with one attached hydrogen (secondary N) is 1. The minimum atomic E-state index is -1.58. The molecule has 2 atom stereocenters. The van der Waals surface area contributed by atoms with E-state index in [1.807, 2.05) is 52.8 Å². The second kappa shape index (κ2) is 8.91. The lowest BCUT2D eigenvalue weighted by atomic mass is 10.1. The summed E-state index contributed by atoms with van der Waals surface area (Å²) in [6.45, 7) is 17.2. The fraction of sp³-hybridized carbons (Fsp3) is 0.609. The molecule has 1 aromatic rings. The summed E-state index contributed by atoms with van der Waals surface area (Å²) in [5.74, 6) is 3.43. The molecular formula is C23H36N2O3Si. The molecule has 0 radical (unpaired) electrons. The molecule has 0 aromatic heterocycles. The quantitative estimate of drug-likeness (QED) is 0.584. The smallest absolute Gasteiger partial charge is 0.412 e. The number of amides is 1. The van der Waals surface area contributed by atoms with E-state index in [1.165, 1.54) is 5.56 Å². The third kappa shape index (κ3) is 7.18. The van der Waals surface area contributed by atoms with Gasteiger partial charge in [0.05, 0.1) is 18.7 Å². The average molecular weight is 417 g/mol. The lowest BCUT2D eigenvalue weighted by molar-refractivity contribution is -0.0630. The topological polar surface area (TPSA) is 50.8 Å². The Morgan fingerprint density at radius 3 is 2.48 bits per heavy atom. The molecular weight excluding hydrogens is 380 g/mol. The first-order valence-corrected chi connectivity index (χ1v) is 13.7. The molecule has 0 bridgehead atoms. The van der Waals surface area contributed by atoms with Gasteiger partial charge >= 0.3 is 6.09 Å². The molecule has 2 rings (SSSR count). The molecule has 0 aliphatic carbocycles. The fourth-order valence-electron chi connectivity index (χ4n) is 3.15. The van der Waals surface area contributed by atoms with Crippen molar-refractivity contribution >= 4 is 14.2 Å². The Bertz CT molecular complexity index is 754. The number of ether oxygens (including phenoxy) is 2. The first kappa shape index (κ1) is 23.5. The van der Waals surface area contributed by atoms with E-state index < -0.39 is 19.4 Å². The van der Waals surface area contributed by atoms with Gasteiger partial charge in [0.25, 0.3) is 0 Å². The molecule has 0 unspecified atom stereocenters. The Morgan fingerprint density at radius 1 is 1.31 bits per heavy atom. The van der Waals surface area contributed by atoms with Crippen LogP contribution in [-0.4, -0.2) is 49.1 Å². The van der Waals surface area contributed by atoms with Gasteiger partial charge in [-0.05, 0) is 40.2 Å². The third-order valence-corrected chi connectivity index (χ3v) is 5.36. The molecule has 1 saturated heterocycles. The molecule has 1 amide bonds. The van der Waals surface area contributed by atoms with E-state index in [9.17, 15) is 4.79 Å². The van der Waals surface area contributed by atoms with Crippen LogP contribution in [0.3, 0.4) is 0 Å². The molecule has 0 spiro atoms. The summed E-state index contributed by atoms with van der Waals surface area (Å²) in [7, 11) is -1.58. The van der Waals surface area contributed by atoms with E-state index in [4.69, 9.17) is 9.47 Å². The van der Waals surface area contributed by atoms with E-state index in [0.29, 0.717) is 13.2 Å². The Labute approximate surface area is 177 Å². The van der Waals surface area contributed by atoms with Crippen LogP contribution in [0, 0.1) is 11.5 Å². The molecule has 1 aliphatic rings. The molecule has 5 nitrogen and oxygen atoms in total. The largest absolute Gasteiger partial charge is 0.444 e. The van der Waals surface area contributed by atoms with Crippen molar-refractivity contribution in [2.24, 2.45) is 0 Å². The Hall–Kier alpha value is -1.81. The van der Waals surface area contributed by atoms with E-state index in [-0.39, 0.29) is 18.2 Å². The molecule has 0 saturated carbocycles. The predicted octanol–water partition coefficient (Wildman–Crippen LogP) is 4.40. The number of carbonyl (C=O) groups is 1. The van der Waals surface area contributed by atoms with E-state index in [1.54, 1.807) is 4.90 Å². The van der Waals surface area contributed by atoms with Crippen LogP contribution in [0.25, 0.3) is 0 Å². The Kier molecular flexibility index (Phi) is 7.21. The van der Waals surface area contributed by atoms with Gasteiger partial charge in [0.1, 0.15) is 19.4 Å². The monoisotopic (exact) mass is 416 g/mol. The van der Waals surface area contributed by atoms with Crippen molar-refractivity contribution < 1.29 is 14.3 Å². The van der Waals surface area contributed by atoms with Gasteiger partial charge in [0, 0.05) is 6.54 Å². The third-order valence-electron chi connectivity index (χ3n) is 4.47. The van der Waals surface area contributed by atoms with Crippen LogP contribution in [-0.2, 0) is 16.0 Å². The van der Waals surface area contributed by atoms with Crippen LogP contribution in [0.5, 0.6) is 0 Å². The molecule has 1 aliphatic heterocycles. The lowest BCUT2D eigenvalue weighted by Crippen LogP contribution is -2.56. The Morgan fingerprint density at radius 2 is 1.93 bits per heavy atom. The maximum atomic E-state index is 13.0. The highest BCUT2D eigenvalue weighted by atomic mass is 28.3. The van der Waals surface area contributed by atoms with Crippen molar-refractivity contribution in [3.63, 3.8) is 0 Å². The van der Waals surface area contributed by atoms with Crippen molar-refractivity contribution in [2.45, 2.75) is 84.2 Å². The lowest BCUT2D eigenvalue weighted by Gasteiger charge is -2.36. The molecule has 1 aromatic carbocycles. The van der Waals surface area contributed by atoms with Crippen molar-refractivity contribution in [3.05, 3.63) is 35.9 Å². The van der Waals surface area contributed by atoms with Crippen LogP contribution in [0.2, 0.25) is 19.6 Å². The van der Waals surface area contributed by atoms with Gasteiger partial charge in [-0.1, -0.05) is 55.9 Å². The van der Waals surface area contributed by atoms with Gasteiger partial charge in [0.2, 0.25) is 0 Å². The van der Waals surface area contributed by atoms with Crippen molar-refractivity contribution in [3.8, 4) is 11.5 Å². The molecule has 1 N–H and O–H groups in total. The van der Waals surface area contributed by atoms with Crippen molar-refractivity contribution in [1.29, 1.82) is 0 Å². The van der Waals surface area contributed by atoms with E-state index in [2.05, 4.69) is 48.6 Å². The van der Waals surface area contributed by atoms with Crippen LogP contribution in [0.1, 0.15) is 40.2 Å². The molecule has 1 heterocycles. The first-order valence-electron chi connectivity index (χ1n) is 10.2. The number of rotatable bonds is 4. The van der Waals surface area contributed by atoms with Gasteiger partial charge in [-0.25, -0.2) is 4.79 Å². The number of benzene rings is 1. The molecule has 29 heavy (non-hydrogen) atoms. The summed E-state index contributed by atoms with van der Waals surface area (Å²) in [5.41, 5.74) is 3.32. The van der Waals surface area contributed by atoms with Gasteiger partial charge in [0.15, 0.2) is 0 Å². The summed E-state index contributed by atoms with van der Waals surface area (Å²) in [4.78, 5) is 14.7. The molecule has 6 heteroatoms. The maximum Gasteiger partial charge on any atom is 0.412 e. The highest BCUT2D eigenvalue weighted by molar-refractivity contribution is 6.83. The number of carbonyl (C=O) groups excluding carboxylic acids is 1. The summed E-state index contributed by atoms with van der Waals surface area (Å²) >= 11 is 0. The highest BCUT2D eigenvalue weighted by Gasteiger charge is 2.48.